The fourth-order valence-electron chi connectivity index (χ4n) is 1.79. The van der Waals surface area contributed by atoms with Gasteiger partial charge in [0.05, 0.1) is 12.0 Å². The predicted octanol–water partition coefficient (Wildman–Crippen LogP) is 1.34. The van der Waals surface area contributed by atoms with Gasteiger partial charge in [-0.2, -0.15) is 4.72 Å². The lowest BCUT2D eigenvalue weighted by molar-refractivity contribution is -0.142. The SMILES string of the molecule is COC(=O)[C@H](CNC(=O)OC(C)(C)C)NS(=O)(=O)c1ccc(C)cc1. The van der Waals surface area contributed by atoms with Gasteiger partial charge in [-0.15, -0.1) is 0 Å². The first-order valence-corrected chi connectivity index (χ1v) is 9.06. The van der Waals surface area contributed by atoms with Crippen LogP contribution in [0.4, 0.5) is 4.79 Å². The minimum absolute atomic E-state index is 0.00395. The molecule has 0 aliphatic carbocycles. The fraction of sp³-hybridized carbons (Fsp3) is 0.500. The number of rotatable bonds is 6. The zero-order chi connectivity index (χ0) is 19.3. The van der Waals surface area contributed by atoms with Crippen molar-refractivity contribution in [3.63, 3.8) is 0 Å². The second-order valence-electron chi connectivity index (χ2n) is 6.39. The maximum absolute atomic E-state index is 12.4. The summed E-state index contributed by atoms with van der Waals surface area (Å²) in [6, 6.07) is 4.84. The molecule has 0 aliphatic rings. The van der Waals surface area contributed by atoms with Crippen molar-refractivity contribution in [2.75, 3.05) is 13.7 Å². The third kappa shape index (κ3) is 7.10. The van der Waals surface area contributed by atoms with Crippen molar-refractivity contribution in [3.05, 3.63) is 29.8 Å². The van der Waals surface area contributed by atoms with Gasteiger partial charge in [0.1, 0.15) is 11.6 Å². The van der Waals surface area contributed by atoms with E-state index in [2.05, 4.69) is 14.8 Å². The van der Waals surface area contributed by atoms with Gasteiger partial charge in [-0.25, -0.2) is 13.2 Å². The molecule has 0 fully saturated rings. The Balaban J connectivity index is 2.84. The Labute approximate surface area is 147 Å². The molecule has 0 saturated heterocycles. The van der Waals surface area contributed by atoms with Gasteiger partial charge in [0, 0.05) is 6.54 Å². The number of aryl methyl sites for hydroxylation is 1. The first-order valence-electron chi connectivity index (χ1n) is 7.58. The molecule has 0 saturated carbocycles. The second kappa shape index (κ2) is 8.30. The molecule has 0 bridgehead atoms. The maximum Gasteiger partial charge on any atom is 0.407 e. The van der Waals surface area contributed by atoms with E-state index in [4.69, 9.17) is 4.74 Å². The molecule has 0 heterocycles. The monoisotopic (exact) mass is 372 g/mol. The molecule has 1 aromatic rings. The normalized spacial score (nSPS) is 13.0. The molecule has 0 unspecified atom stereocenters. The molecule has 8 nitrogen and oxygen atoms in total. The Morgan fingerprint density at radius 1 is 1.16 bits per heavy atom. The Hall–Kier alpha value is -2.13. The minimum atomic E-state index is -3.96. The van der Waals surface area contributed by atoms with E-state index < -0.39 is 33.7 Å². The number of alkyl carbamates (subject to hydrolysis) is 1. The van der Waals surface area contributed by atoms with Crippen molar-refractivity contribution >= 4 is 22.1 Å². The number of methoxy groups -OCH3 is 1. The zero-order valence-electron chi connectivity index (χ0n) is 15.0. The number of amides is 1. The Kier molecular flexibility index (Phi) is 6.95. The van der Waals surface area contributed by atoms with Crippen LogP contribution < -0.4 is 10.0 Å². The average molecular weight is 372 g/mol. The van der Waals surface area contributed by atoms with Crippen LogP contribution in [0.2, 0.25) is 0 Å². The van der Waals surface area contributed by atoms with Crippen LogP contribution in [0.3, 0.4) is 0 Å². The molecule has 2 N–H and O–H groups in total. The quantitative estimate of drug-likeness (QED) is 0.729. The number of carbonyl (C=O) groups excluding carboxylic acids is 2. The summed E-state index contributed by atoms with van der Waals surface area (Å²) in [4.78, 5) is 23.5. The molecular weight excluding hydrogens is 348 g/mol. The summed E-state index contributed by atoms with van der Waals surface area (Å²) in [6.07, 6.45) is -0.768. The smallest absolute Gasteiger partial charge is 0.407 e. The van der Waals surface area contributed by atoms with Crippen LogP contribution in [-0.2, 0) is 24.3 Å². The van der Waals surface area contributed by atoms with Crippen LogP contribution >= 0.6 is 0 Å². The van der Waals surface area contributed by atoms with Crippen molar-refractivity contribution < 1.29 is 27.5 Å². The summed E-state index contributed by atoms with van der Waals surface area (Å²) in [5.41, 5.74) is 0.182. The van der Waals surface area contributed by atoms with E-state index in [9.17, 15) is 18.0 Å². The number of carbonyl (C=O) groups is 2. The molecule has 1 atom stereocenters. The third-order valence-corrected chi connectivity index (χ3v) is 4.45. The topological polar surface area (TPSA) is 111 Å². The fourth-order valence-corrected chi connectivity index (χ4v) is 2.97. The van der Waals surface area contributed by atoms with Crippen LogP contribution in [0.15, 0.2) is 29.2 Å². The lowest BCUT2D eigenvalue weighted by Gasteiger charge is -2.21. The van der Waals surface area contributed by atoms with Crippen molar-refractivity contribution in [2.45, 2.75) is 44.2 Å². The molecule has 1 amide bonds. The van der Waals surface area contributed by atoms with E-state index >= 15 is 0 Å². The summed E-state index contributed by atoms with van der Waals surface area (Å²) >= 11 is 0. The molecule has 0 radical (unpaired) electrons. The van der Waals surface area contributed by atoms with Crippen molar-refractivity contribution in [2.24, 2.45) is 0 Å². The van der Waals surface area contributed by atoms with Crippen molar-refractivity contribution in [1.29, 1.82) is 0 Å². The molecule has 0 spiro atoms. The van der Waals surface area contributed by atoms with Gasteiger partial charge >= 0.3 is 12.1 Å². The van der Waals surface area contributed by atoms with Crippen LogP contribution in [0, 0.1) is 6.92 Å². The number of nitrogens with one attached hydrogen (secondary N) is 2. The summed E-state index contributed by atoms with van der Waals surface area (Å²) in [7, 11) is -2.83. The number of benzene rings is 1. The van der Waals surface area contributed by atoms with Crippen LogP contribution in [0.25, 0.3) is 0 Å². The number of hydrogen-bond donors (Lipinski definition) is 2. The Morgan fingerprint density at radius 2 is 1.72 bits per heavy atom. The first-order chi connectivity index (χ1) is 11.4. The molecule has 0 aliphatic heterocycles. The summed E-state index contributed by atoms with van der Waals surface area (Å²) in [5, 5.41) is 2.35. The average Bonchev–Trinajstić information content (AvgIpc) is 2.49. The van der Waals surface area contributed by atoms with Crippen LogP contribution in [-0.4, -0.2) is 45.8 Å². The molecule has 1 aromatic carbocycles. The predicted molar refractivity (Wildman–Crippen MR) is 91.5 cm³/mol. The van der Waals surface area contributed by atoms with Crippen LogP contribution in [0.5, 0.6) is 0 Å². The van der Waals surface area contributed by atoms with Gasteiger partial charge in [-0.05, 0) is 39.8 Å². The van der Waals surface area contributed by atoms with Gasteiger partial charge in [0.2, 0.25) is 10.0 Å². The standard InChI is InChI=1S/C16H24N2O6S/c1-11-6-8-12(9-7-11)25(21,22)18-13(14(19)23-5)10-17-15(20)24-16(2,3)4/h6-9,13,18H,10H2,1-5H3,(H,17,20)/t13-/m0/s1. The molecular formula is C16H24N2O6S. The van der Waals surface area contributed by atoms with Crippen molar-refractivity contribution in [1.82, 2.24) is 10.0 Å². The third-order valence-electron chi connectivity index (χ3n) is 2.96. The lowest BCUT2D eigenvalue weighted by Crippen LogP contribution is -2.49. The Morgan fingerprint density at radius 3 is 2.20 bits per heavy atom. The largest absolute Gasteiger partial charge is 0.468 e. The summed E-state index contributed by atoms with van der Waals surface area (Å²) < 4.78 is 36.6. The van der Waals surface area contributed by atoms with E-state index in [1.54, 1.807) is 32.9 Å². The molecule has 9 heteroatoms. The highest BCUT2D eigenvalue weighted by atomic mass is 32.2. The number of hydrogen-bond acceptors (Lipinski definition) is 6. The molecule has 140 valence electrons. The van der Waals surface area contributed by atoms with Gasteiger partial charge in [-0.1, -0.05) is 17.7 Å². The maximum atomic E-state index is 12.4. The number of esters is 1. The van der Waals surface area contributed by atoms with Gasteiger partial charge < -0.3 is 14.8 Å². The van der Waals surface area contributed by atoms with E-state index in [0.29, 0.717) is 0 Å². The molecule has 1 rings (SSSR count). The van der Waals surface area contributed by atoms with E-state index in [1.807, 2.05) is 6.92 Å². The molecule has 25 heavy (non-hydrogen) atoms. The van der Waals surface area contributed by atoms with Crippen LogP contribution in [0.1, 0.15) is 26.3 Å². The number of ether oxygens (including phenoxy) is 2. The number of sulfonamides is 1. The first kappa shape index (κ1) is 20.9. The lowest BCUT2D eigenvalue weighted by atomic mass is 10.2. The van der Waals surface area contributed by atoms with Gasteiger partial charge in [0.25, 0.3) is 0 Å². The highest BCUT2D eigenvalue weighted by molar-refractivity contribution is 7.89. The highest BCUT2D eigenvalue weighted by Gasteiger charge is 2.27. The van der Waals surface area contributed by atoms with Crippen molar-refractivity contribution in [3.8, 4) is 0 Å². The van der Waals surface area contributed by atoms with E-state index in [1.165, 1.54) is 12.1 Å². The van der Waals surface area contributed by atoms with Gasteiger partial charge in [-0.3, -0.25) is 4.79 Å². The summed E-state index contributed by atoms with van der Waals surface area (Å²) in [6.45, 7) is 6.57. The highest BCUT2D eigenvalue weighted by Crippen LogP contribution is 2.11. The van der Waals surface area contributed by atoms with Gasteiger partial charge in [0.15, 0.2) is 0 Å². The van der Waals surface area contributed by atoms with E-state index in [0.717, 1.165) is 12.7 Å². The summed E-state index contributed by atoms with van der Waals surface area (Å²) in [5.74, 6) is -0.827. The Bertz CT molecular complexity index is 707. The second-order valence-corrected chi connectivity index (χ2v) is 8.11. The molecule has 0 aromatic heterocycles. The zero-order valence-corrected chi connectivity index (χ0v) is 15.8. The van der Waals surface area contributed by atoms with E-state index in [-0.39, 0.29) is 11.4 Å². The minimum Gasteiger partial charge on any atom is -0.468 e.